The van der Waals surface area contributed by atoms with Crippen molar-refractivity contribution < 1.29 is 9.90 Å². The summed E-state index contributed by atoms with van der Waals surface area (Å²) < 4.78 is 0. The zero-order valence-electron chi connectivity index (χ0n) is 11.5. The van der Waals surface area contributed by atoms with Gasteiger partial charge in [0, 0.05) is 24.6 Å². The minimum absolute atomic E-state index is 0.0466. The molecule has 0 atom stereocenters. The third-order valence-corrected chi connectivity index (χ3v) is 3.14. The SMILES string of the molecule is Cc1ccc(C(=O)N(CCC(N)=S)C(C)C)cc1O. The summed E-state index contributed by atoms with van der Waals surface area (Å²) in [4.78, 5) is 14.5. The summed E-state index contributed by atoms with van der Waals surface area (Å²) in [5, 5.41) is 9.68. The number of aryl methyl sites for hydroxylation is 1. The van der Waals surface area contributed by atoms with Crippen LogP contribution in [0.5, 0.6) is 5.75 Å². The molecule has 0 aliphatic heterocycles. The van der Waals surface area contributed by atoms with Gasteiger partial charge < -0.3 is 15.7 Å². The van der Waals surface area contributed by atoms with Crippen molar-refractivity contribution >= 4 is 23.1 Å². The van der Waals surface area contributed by atoms with Crippen LogP contribution in [0, 0.1) is 6.92 Å². The van der Waals surface area contributed by atoms with Crippen molar-refractivity contribution in [3.8, 4) is 5.75 Å². The first-order chi connectivity index (χ1) is 8.82. The molecule has 3 N–H and O–H groups in total. The molecule has 0 spiro atoms. The highest BCUT2D eigenvalue weighted by Crippen LogP contribution is 2.19. The molecule has 0 unspecified atom stereocenters. The lowest BCUT2D eigenvalue weighted by molar-refractivity contribution is 0.0711. The van der Waals surface area contributed by atoms with E-state index in [0.717, 1.165) is 5.56 Å². The fourth-order valence-corrected chi connectivity index (χ4v) is 1.82. The Bertz CT molecular complexity index is 486. The number of aromatic hydroxyl groups is 1. The minimum Gasteiger partial charge on any atom is -0.508 e. The predicted molar refractivity (Wildman–Crippen MR) is 80.4 cm³/mol. The van der Waals surface area contributed by atoms with Crippen LogP contribution in [0.15, 0.2) is 18.2 Å². The van der Waals surface area contributed by atoms with E-state index in [4.69, 9.17) is 18.0 Å². The van der Waals surface area contributed by atoms with Crippen molar-refractivity contribution in [3.63, 3.8) is 0 Å². The Morgan fingerprint density at radius 3 is 2.58 bits per heavy atom. The van der Waals surface area contributed by atoms with Gasteiger partial charge in [0.2, 0.25) is 0 Å². The molecule has 19 heavy (non-hydrogen) atoms. The minimum atomic E-state index is -0.124. The number of thiocarbonyl (C=S) groups is 1. The van der Waals surface area contributed by atoms with Gasteiger partial charge in [-0.25, -0.2) is 0 Å². The van der Waals surface area contributed by atoms with Gasteiger partial charge in [0.05, 0.1) is 4.99 Å². The number of rotatable bonds is 5. The topological polar surface area (TPSA) is 66.6 Å². The molecule has 104 valence electrons. The molecule has 0 fully saturated rings. The summed E-state index contributed by atoms with van der Waals surface area (Å²) in [6, 6.07) is 4.99. The van der Waals surface area contributed by atoms with Crippen LogP contribution < -0.4 is 5.73 Å². The average molecular weight is 280 g/mol. The van der Waals surface area contributed by atoms with Gasteiger partial charge in [-0.2, -0.15) is 0 Å². The zero-order valence-corrected chi connectivity index (χ0v) is 12.3. The number of carbonyl (C=O) groups is 1. The molecular weight excluding hydrogens is 260 g/mol. The molecule has 0 bridgehead atoms. The van der Waals surface area contributed by atoms with Crippen molar-refractivity contribution in [3.05, 3.63) is 29.3 Å². The van der Waals surface area contributed by atoms with E-state index in [-0.39, 0.29) is 17.7 Å². The Labute approximate surface area is 119 Å². The number of phenols is 1. The molecule has 0 heterocycles. The predicted octanol–water partition coefficient (Wildman–Crippen LogP) is 2.23. The number of phenolic OH excluding ortho intramolecular Hbond substituents is 1. The van der Waals surface area contributed by atoms with Crippen LogP contribution in [0.3, 0.4) is 0 Å². The zero-order chi connectivity index (χ0) is 14.6. The van der Waals surface area contributed by atoms with Crippen LogP contribution in [0.1, 0.15) is 36.2 Å². The molecule has 5 heteroatoms. The summed E-state index contributed by atoms with van der Waals surface area (Å²) in [7, 11) is 0. The highest BCUT2D eigenvalue weighted by Gasteiger charge is 2.19. The first kappa shape index (κ1) is 15.4. The van der Waals surface area contributed by atoms with Crippen molar-refractivity contribution in [1.29, 1.82) is 0 Å². The van der Waals surface area contributed by atoms with Gasteiger partial charge in [-0.3, -0.25) is 4.79 Å². The maximum Gasteiger partial charge on any atom is 0.254 e. The Kier molecular flexibility index (Phi) is 5.30. The van der Waals surface area contributed by atoms with Crippen LogP contribution in [0.4, 0.5) is 0 Å². The highest BCUT2D eigenvalue weighted by atomic mass is 32.1. The van der Waals surface area contributed by atoms with Crippen LogP contribution >= 0.6 is 12.2 Å². The number of hydrogen-bond donors (Lipinski definition) is 2. The molecular formula is C14H20N2O2S. The smallest absolute Gasteiger partial charge is 0.254 e. The Morgan fingerprint density at radius 1 is 1.47 bits per heavy atom. The normalized spacial score (nSPS) is 10.5. The lowest BCUT2D eigenvalue weighted by Gasteiger charge is -2.26. The van der Waals surface area contributed by atoms with Crippen LogP contribution in [-0.2, 0) is 0 Å². The summed E-state index contributed by atoms with van der Waals surface area (Å²) in [5.74, 6) is 0.00505. The van der Waals surface area contributed by atoms with Gasteiger partial charge in [-0.15, -0.1) is 0 Å². The number of carbonyl (C=O) groups excluding carboxylic acids is 1. The van der Waals surface area contributed by atoms with Crippen molar-refractivity contribution in [2.75, 3.05) is 6.54 Å². The largest absolute Gasteiger partial charge is 0.508 e. The second kappa shape index (κ2) is 6.52. The molecule has 0 saturated heterocycles. The fraction of sp³-hybridized carbons (Fsp3) is 0.429. The second-order valence-corrected chi connectivity index (χ2v) is 5.33. The monoisotopic (exact) mass is 280 g/mol. The third kappa shape index (κ3) is 4.21. The van der Waals surface area contributed by atoms with E-state index in [0.29, 0.717) is 23.5 Å². The summed E-state index contributed by atoms with van der Waals surface area (Å²) in [6.45, 7) is 6.15. The molecule has 1 amide bonds. The summed E-state index contributed by atoms with van der Waals surface area (Å²) in [5.41, 5.74) is 6.70. The van der Waals surface area contributed by atoms with E-state index in [2.05, 4.69) is 0 Å². The van der Waals surface area contributed by atoms with Gasteiger partial charge in [0.25, 0.3) is 5.91 Å². The maximum atomic E-state index is 12.4. The lowest BCUT2D eigenvalue weighted by atomic mass is 10.1. The Morgan fingerprint density at radius 2 is 2.11 bits per heavy atom. The van der Waals surface area contributed by atoms with Crippen LogP contribution in [-0.4, -0.2) is 33.5 Å². The second-order valence-electron chi connectivity index (χ2n) is 4.81. The van der Waals surface area contributed by atoms with E-state index < -0.39 is 0 Å². The van der Waals surface area contributed by atoms with Crippen molar-refractivity contribution in [1.82, 2.24) is 4.90 Å². The van der Waals surface area contributed by atoms with Crippen molar-refractivity contribution in [2.24, 2.45) is 5.73 Å². The Hall–Kier alpha value is -1.62. The van der Waals surface area contributed by atoms with Gasteiger partial charge >= 0.3 is 0 Å². The summed E-state index contributed by atoms with van der Waals surface area (Å²) in [6.07, 6.45) is 0.497. The molecule has 0 radical (unpaired) electrons. The van der Waals surface area contributed by atoms with Gasteiger partial charge in [0.1, 0.15) is 5.75 Å². The number of benzene rings is 1. The van der Waals surface area contributed by atoms with Crippen molar-refractivity contribution in [2.45, 2.75) is 33.2 Å². The van der Waals surface area contributed by atoms with Gasteiger partial charge in [0.15, 0.2) is 0 Å². The van der Waals surface area contributed by atoms with E-state index in [9.17, 15) is 9.90 Å². The quantitative estimate of drug-likeness (QED) is 0.812. The Balaban J connectivity index is 2.92. The first-order valence-electron chi connectivity index (χ1n) is 6.21. The number of nitrogens with two attached hydrogens (primary N) is 1. The lowest BCUT2D eigenvalue weighted by Crippen LogP contribution is -2.38. The van der Waals surface area contributed by atoms with Crippen LogP contribution in [0.25, 0.3) is 0 Å². The van der Waals surface area contributed by atoms with Gasteiger partial charge in [-0.1, -0.05) is 18.3 Å². The molecule has 1 aromatic carbocycles. The third-order valence-electron chi connectivity index (χ3n) is 2.94. The van der Waals surface area contributed by atoms with Crippen LogP contribution in [0.2, 0.25) is 0 Å². The molecule has 0 saturated carbocycles. The van der Waals surface area contributed by atoms with E-state index >= 15 is 0 Å². The molecule has 4 nitrogen and oxygen atoms in total. The fourth-order valence-electron chi connectivity index (χ4n) is 1.73. The molecule has 0 aliphatic rings. The number of nitrogens with zero attached hydrogens (tertiary/aromatic N) is 1. The number of hydrogen-bond acceptors (Lipinski definition) is 3. The molecule has 1 aromatic rings. The van der Waals surface area contributed by atoms with Gasteiger partial charge in [-0.05, 0) is 38.5 Å². The van der Waals surface area contributed by atoms with E-state index in [1.807, 2.05) is 13.8 Å². The summed E-state index contributed by atoms with van der Waals surface area (Å²) >= 11 is 4.84. The maximum absolute atomic E-state index is 12.4. The molecule has 1 rings (SSSR count). The number of amides is 1. The molecule has 0 aromatic heterocycles. The standard InChI is InChI=1S/C14H20N2O2S/c1-9(2)16(7-6-13(15)19)14(18)11-5-4-10(3)12(17)8-11/h4-5,8-9,17H,6-7H2,1-3H3,(H2,15,19). The first-order valence-corrected chi connectivity index (χ1v) is 6.62. The van der Waals surface area contributed by atoms with E-state index in [1.165, 1.54) is 6.07 Å². The molecule has 0 aliphatic carbocycles. The highest BCUT2D eigenvalue weighted by molar-refractivity contribution is 7.80. The van der Waals surface area contributed by atoms with E-state index in [1.54, 1.807) is 24.0 Å². The average Bonchev–Trinajstić information content (AvgIpc) is 2.31.